The summed E-state index contributed by atoms with van der Waals surface area (Å²) in [5, 5.41) is 3.29. The maximum atomic E-state index is 12.8. The molecule has 5 heteroatoms. The minimum absolute atomic E-state index is 0.112. The highest BCUT2D eigenvalue weighted by Crippen LogP contribution is 2.43. The maximum Gasteiger partial charge on any atom is 0.337 e. The molecule has 0 unspecified atom stereocenters. The fraction of sp³-hybridized carbons (Fsp3) is 0.400. The highest BCUT2D eigenvalue weighted by Gasteiger charge is 2.39. The monoisotopic (exact) mass is 403 g/mol. The SMILES string of the molecule is CC1=C(C(=O)OC(C)C)[C@H](c2cccc(Br)c2)C2=C(CCCC2=O)N1. The van der Waals surface area contributed by atoms with E-state index in [4.69, 9.17) is 4.74 Å². The van der Waals surface area contributed by atoms with Crippen molar-refractivity contribution in [3.05, 3.63) is 56.8 Å². The summed E-state index contributed by atoms with van der Waals surface area (Å²) in [4.78, 5) is 25.5. The number of rotatable bonds is 3. The van der Waals surface area contributed by atoms with Crippen LogP contribution in [0.15, 0.2) is 51.3 Å². The van der Waals surface area contributed by atoms with Gasteiger partial charge in [0.2, 0.25) is 0 Å². The van der Waals surface area contributed by atoms with Gasteiger partial charge in [-0.05, 0) is 51.3 Å². The number of ketones is 1. The molecule has 0 saturated heterocycles. The molecular formula is C20H22BrNO3. The highest BCUT2D eigenvalue weighted by molar-refractivity contribution is 9.10. The van der Waals surface area contributed by atoms with Crippen molar-refractivity contribution in [1.29, 1.82) is 0 Å². The molecule has 1 aliphatic carbocycles. The lowest BCUT2D eigenvalue weighted by atomic mass is 9.75. The summed E-state index contributed by atoms with van der Waals surface area (Å²) in [6.45, 7) is 5.54. The molecule has 0 spiro atoms. The Labute approximate surface area is 156 Å². The van der Waals surface area contributed by atoms with Crippen molar-refractivity contribution in [3.8, 4) is 0 Å². The molecule has 0 aromatic heterocycles. The van der Waals surface area contributed by atoms with Gasteiger partial charge in [0.1, 0.15) is 0 Å². The number of benzene rings is 1. The number of Topliss-reactive ketones (excluding diaryl/α,β-unsaturated/α-hetero) is 1. The summed E-state index contributed by atoms with van der Waals surface area (Å²) >= 11 is 3.50. The third-order valence-electron chi connectivity index (χ3n) is 4.52. The number of hydrogen-bond donors (Lipinski definition) is 1. The Hall–Kier alpha value is -1.88. The lowest BCUT2D eigenvalue weighted by Crippen LogP contribution is -2.34. The number of esters is 1. The maximum absolute atomic E-state index is 12.8. The van der Waals surface area contributed by atoms with Crippen LogP contribution in [0.2, 0.25) is 0 Å². The van der Waals surface area contributed by atoms with E-state index in [2.05, 4.69) is 21.2 Å². The van der Waals surface area contributed by atoms with Crippen LogP contribution in [0.25, 0.3) is 0 Å². The molecule has 0 saturated carbocycles. The first-order valence-electron chi connectivity index (χ1n) is 8.59. The van der Waals surface area contributed by atoms with Gasteiger partial charge in [-0.3, -0.25) is 4.79 Å². The highest BCUT2D eigenvalue weighted by atomic mass is 79.9. The summed E-state index contributed by atoms with van der Waals surface area (Å²) in [6, 6.07) is 7.79. The lowest BCUT2D eigenvalue weighted by Gasteiger charge is -2.34. The van der Waals surface area contributed by atoms with E-state index < -0.39 is 0 Å². The number of carbonyl (C=O) groups is 2. The summed E-state index contributed by atoms with van der Waals surface area (Å²) in [7, 11) is 0. The van der Waals surface area contributed by atoms with Gasteiger partial charge in [0, 0.05) is 33.8 Å². The van der Waals surface area contributed by atoms with Gasteiger partial charge in [0.25, 0.3) is 0 Å². The van der Waals surface area contributed by atoms with Crippen LogP contribution in [0.4, 0.5) is 0 Å². The third-order valence-corrected chi connectivity index (χ3v) is 5.01. The zero-order valence-corrected chi connectivity index (χ0v) is 16.3. The summed E-state index contributed by atoms with van der Waals surface area (Å²) in [5.41, 5.74) is 3.88. The number of carbonyl (C=O) groups excluding carboxylic acids is 2. The van der Waals surface area contributed by atoms with E-state index in [0.717, 1.165) is 34.3 Å². The fourth-order valence-corrected chi connectivity index (χ4v) is 3.97. The second-order valence-corrected chi connectivity index (χ2v) is 7.69. The molecule has 25 heavy (non-hydrogen) atoms. The zero-order chi connectivity index (χ0) is 18.1. The van der Waals surface area contributed by atoms with Crippen molar-refractivity contribution < 1.29 is 14.3 Å². The molecule has 132 valence electrons. The number of hydrogen-bond acceptors (Lipinski definition) is 4. The van der Waals surface area contributed by atoms with Crippen LogP contribution in [-0.2, 0) is 14.3 Å². The molecule has 0 bridgehead atoms. The third kappa shape index (κ3) is 3.56. The van der Waals surface area contributed by atoms with Crippen LogP contribution in [0.3, 0.4) is 0 Å². The molecule has 4 nitrogen and oxygen atoms in total. The number of nitrogens with one attached hydrogen (secondary N) is 1. The van der Waals surface area contributed by atoms with E-state index in [-0.39, 0.29) is 23.8 Å². The lowest BCUT2D eigenvalue weighted by molar-refractivity contribution is -0.143. The van der Waals surface area contributed by atoms with Crippen molar-refractivity contribution in [3.63, 3.8) is 0 Å². The normalized spacial score (nSPS) is 20.5. The Morgan fingerprint density at radius 3 is 2.76 bits per heavy atom. The van der Waals surface area contributed by atoms with E-state index in [1.54, 1.807) is 0 Å². The van der Waals surface area contributed by atoms with Gasteiger partial charge < -0.3 is 10.1 Å². The van der Waals surface area contributed by atoms with Gasteiger partial charge in [-0.1, -0.05) is 28.1 Å². The van der Waals surface area contributed by atoms with Crippen molar-refractivity contribution in [1.82, 2.24) is 5.32 Å². The molecule has 2 aliphatic rings. The molecule has 1 aromatic rings. The topological polar surface area (TPSA) is 55.4 Å². The van der Waals surface area contributed by atoms with E-state index in [1.807, 2.05) is 45.0 Å². The summed E-state index contributed by atoms with van der Waals surface area (Å²) in [5.74, 6) is -0.635. The average Bonchev–Trinajstić information content (AvgIpc) is 2.53. The zero-order valence-electron chi connectivity index (χ0n) is 14.7. The van der Waals surface area contributed by atoms with Gasteiger partial charge in [-0.2, -0.15) is 0 Å². The molecule has 1 atom stereocenters. The van der Waals surface area contributed by atoms with Gasteiger partial charge >= 0.3 is 5.97 Å². The molecule has 0 radical (unpaired) electrons. The smallest absolute Gasteiger partial charge is 0.337 e. The Kier molecular flexibility index (Phi) is 5.13. The van der Waals surface area contributed by atoms with E-state index in [1.165, 1.54) is 0 Å². The van der Waals surface area contributed by atoms with Crippen molar-refractivity contribution >= 4 is 27.7 Å². The van der Waals surface area contributed by atoms with E-state index in [0.29, 0.717) is 17.6 Å². The van der Waals surface area contributed by atoms with Crippen LogP contribution in [0.1, 0.15) is 51.5 Å². The van der Waals surface area contributed by atoms with Crippen LogP contribution >= 0.6 is 15.9 Å². The summed E-state index contributed by atoms with van der Waals surface area (Å²) < 4.78 is 6.39. The second-order valence-electron chi connectivity index (χ2n) is 6.77. The number of halogens is 1. The van der Waals surface area contributed by atoms with Crippen LogP contribution < -0.4 is 5.32 Å². The second kappa shape index (κ2) is 7.16. The van der Waals surface area contributed by atoms with Crippen LogP contribution in [0.5, 0.6) is 0 Å². The molecule has 3 rings (SSSR count). The largest absolute Gasteiger partial charge is 0.460 e. The Morgan fingerprint density at radius 1 is 1.32 bits per heavy atom. The quantitative estimate of drug-likeness (QED) is 0.761. The van der Waals surface area contributed by atoms with Crippen LogP contribution in [0, 0.1) is 0 Å². The molecule has 1 aromatic carbocycles. The first kappa shape index (κ1) is 17.9. The van der Waals surface area contributed by atoms with E-state index in [9.17, 15) is 9.59 Å². The Morgan fingerprint density at radius 2 is 2.08 bits per heavy atom. The van der Waals surface area contributed by atoms with Gasteiger partial charge in [0.15, 0.2) is 5.78 Å². The first-order valence-corrected chi connectivity index (χ1v) is 9.38. The molecule has 1 heterocycles. The van der Waals surface area contributed by atoms with Crippen molar-refractivity contribution in [2.45, 2.75) is 52.1 Å². The predicted octanol–water partition coefficient (Wildman–Crippen LogP) is 4.37. The van der Waals surface area contributed by atoms with Gasteiger partial charge in [-0.15, -0.1) is 0 Å². The average molecular weight is 404 g/mol. The Bertz CT molecular complexity index is 792. The van der Waals surface area contributed by atoms with Crippen LogP contribution in [-0.4, -0.2) is 17.9 Å². The molecule has 1 N–H and O–H groups in total. The molecule has 0 fully saturated rings. The number of allylic oxidation sites excluding steroid dienone is 3. The van der Waals surface area contributed by atoms with Crippen molar-refractivity contribution in [2.75, 3.05) is 0 Å². The van der Waals surface area contributed by atoms with Crippen molar-refractivity contribution in [2.24, 2.45) is 0 Å². The van der Waals surface area contributed by atoms with Gasteiger partial charge in [0.05, 0.1) is 11.7 Å². The van der Waals surface area contributed by atoms with E-state index >= 15 is 0 Å². The standard InChI is InChI=1S/C20H22BrNO3/c1-11(2)25-20(24)17-12(3)22-15-8-5-9-16(23)19(15)18(17)13-6-4-7-14(21)10-13/h4,6-7,10-11,18,22H,5,8-9H2,1-3H3/t18-/m0/s1. The fourth-order valence-electron chi connectivity index (χ4n) is 3.55. The molecule has 0 amide bonds. The molecule has 1 aliphatic heterocycles. The Balaban J connectivity index is 2.15. The number of ether oxygens (including phenoxy) is 1. The number of dihydropyridines is 1. The minimum atomic E-state index is -0.382. The predicted molar refractivity (Wildman–Crippen MR) is 99.8 cm³/mol. The minimum Gasteiger partial charge on any atom is -0.460 e. The first-order chi connectivity index (χ1) is 11.9. The van der Waals surface area contributed by atoms with Gasteiger partial charge in [-0.25, -0.2) is 4.79 Å². The summed E-state index contributed by atoms with van der Waals surface area (Å²) in [6.07, 6.45) is 1.98. The molecular weight excluding hydrogens is 382 g/mol.